The van der Waals surface area contributed by atoms with E-state index in [4.69, 9.17) is 0 Å². The third kappa shape index (κ3) is 4.09. The highest BCUT2D eigenvalue weighted by Crippen LogP contribution is 2.38. The fourth-order valence-electron chi connectivity index (χ4n) is 2.13. The Morgan fingerprint density at radius 3 is 2.77 bits per heavy atom. The summed E-state index contributed by atoms with van der Waals surface area (Å²) in [5.74, 6) is -0.916. The first kappa shape index (κ1) is 18.1. The number of halogens is 3. The van der Waals surface area contributed by atoms with E-state index in [1.807, 2.05) is 0 Å². The summed E-state index contributed by atoms with van der Waals surface area (Å²) in [7, 11) is 0. The monoisotopic (exact) mass is 388 g/mol. The van der Waals surface area contributed by atoms with Crippen molar-refractivity contribution < 1.29 is 22.9 Å². The van der Waals surface area contributed by atoms with Crippen LogP contribution in [0.1, 0.15) is 24.4 Å². The lowest BCUT2D eigenvalue weighted by atomic mass is 10.1. The highest BCUT2D eigenvalue weighted by atomic mass is 32.2. The van der Waals surface area contributed by atoms with Crippen molar-refractivity contribution in [3.8, 4) is 0 Å². The number of thioether (sulfide) groups is 1. The number of hydrogen-bond donors (Lipinski definition) is 1. The predicted octanol–water partition coefficient (Wildman–Crippen LogP) is 2.67. The zero-order valence-corrected chi connectivity index (χ0v) is 13.8. The van der Waals surface area contributed by atoms with Crippen LogP contribution >= 0.6 is 11.8 Å². The molecule has 0 spiro atoms. The molecule has 1 aliphatic carbocycles. The lowest BCUT2D eigenvalue weighted by molar-refractivity contribution is -0.385. The number of non-ortho nitro benzene ring substituents is 1. The first-order valence-corrected chi connectivity index (χ1v) is 8.30. The number of anilines is 1. The van der Waals surface area contributed by atoms with Crippen LogP contribution in [0.4, 0.5) is 24.5 Å². The SMILES string of the molecule is O=C(CSc1nnnn1C1CC1)Nc1ccc([N+](=O)[O-])cc1C(F)(F)F. The van der Waals surface area contributed by atoms with E-state index in [9.17, 15) is 28.1 Å². The largest absolute Gasteiger partial charge is 0.418 e. The molecule has 0 unspecified atom stereocenters. The van der Waals surface area contributed by atoms with Gasteiger partial charge in [-0.15, -0.1) is 5.10 Å². The van der Waals surface area contributed by atoms with Crippen molar-refractivity contribution >= 4 is 29.0 Å². The van der Waals surface area contributed by atoms with Crippen LogP contribution in [0.2, 0.25) is 0 Å². The topological polar surface area (TPSA) is 116 Å². The van der Waals surface area contributed by atoms with Crippen molar-refractivity contribution in [3.63, 3.8) is 0 Å². The second-order valence-corrected chi connectivity index (χ2v) is 6.40. The minimum absolute atomic E-state index is 0.196. The number of nitrogens with one attached hydrogen (secondary N) is 1. The molecule has 0 aliphatic heterocycles. The summed E-state index contributed by atoms with van der Waals surface area (Å²) < 4.78 is 40.8. The predicted molar refractivity (Wildman–Crippen MR) is 83.5 cm³/mol. The highest BCUT2D eigenvalue weighted by molar-refractivity contribution is 7.99. The maximum atomic E-state index is 13.1. The normalized spacial score (nSPS) is 14.3. The molecule has 13 heteroatoms. The highest BCUT2D eigenvalue weighted by Gasteiger charge is 2.35. The van der Waals surface area contributed by atoms with Gasteiger partial charge >= 0.3 is 6.18 Å². The molecule has 3 rings (SSSR count). The first-order valence-electron chi connectivity index (χ1n) is 7.32. The van der Waals surface area contributed by atoms with Crippen molar-refractivity contribution in [2.24, 2.45) is 0 Å². The van der Waals surface area contributed by atoms with Crippen LogP contribution in [0.25, 0.3) is 0 Å². The summed E-state index contributed by atoms with van der Waals surface area (Å²) in [6, 6.07) is 2.34. The molecule has 1 aromatic carbocycles. The van der Waals surface area contributed by atoms with Gasteiger partial charge in [-0.05, 0) is 29.3 Å². The number of rotatable bonds is 6. The first-order chi connectivity index (χ1) is 12.3. The second kappa shape index (κ2) is 6.90. The molecular formula is C13H11F3N6O3S. The van der Waals surface area contributed by atoms with Gasteiger partial charge in [0.2, 0.25) is 11.1 Å². The average Bonchev–Trinajstić information content (AvgIpc) is 3.30. The number of benzene rings is 1. The van der Waals surface area contributed by atoms with E-state index in [0.717, 1.165) is 36.7 Å². The number of carbonyl (C=O) groups excluding carboxylic acids is 1. The van der Waals surface area contributed by atoms with Crippen LogP contribution in [0.5, 0.6) is 0 Å². The molecule has 0 bridgehead atoms. The molecule has 138 valence electrons. The van der Waals surface area contributed by atoms with Crippen molar-refractivity contribution in [1.29, 1.82) is 0 Å². The number of tetrazole rings is 1. The smallest absolute Gasteiger partial charge is 0.325 e. The molecule has 9 nitrogen and oxygen atoms in total. The zero-order valence-electron chi connectivity index (χ0n) is 12.9. The molecule has 1 fully saturated rings. The quantitative estimate of drug-likeness (QED) is 0.459. The van der Waals surface area contributed by atoms with E-state index < -0.39 is 33.9 Å². The van der Waals surface area contributed by atoms with Crippen molar-refractivity contribution in [2.75, 3.05) is 11.1 Å². The van der Waals surface area contributed by atoms with Crippen molar-refractivity contribution in [1.82, 2.24) is 20.2 Å². The van der Waals surface area contributed by atoms with Gasteiger partial charge in [0.1, 0.15) is 0 Å². The van der Waals surface area contributed by atoms with E-state index >= 15 is 0 Å². The molecule has 26 heavy (non-hydrogen) atoms. The van der Waals surface area contributed by atoms with Gasteiger partial charge in [0.25, 0.3) is 5.69 Å². The summed E-state index contributed by atoms with van der Waals surface area (Å²) in [4.78, 5) is 21.7. The lowest BCUT2D eigenvalue weighted by Gasteiger charge is -2.13. The summed E-state index contributed by atoms with van der Waals surface area (Å²) in [6.07, 6.45) is -2.98. The summed E-state index contributed by atoms with van der Waals surface area (Å²) in [5, 5.41) is 24.3. The number of carbonyl (C=O) groups is 1. The number of nitro groups is 1. The summed E-state index contributed by atoms with van der Waals surface area (Å²) in [5.41, 5.74) is -2.54. The van der Waals surface area contributed by atoms with Crippen LogP contribution in [-0.4, -0.2) is 36.8 Å². The Bertz CT molecular complexity index is 852. The Kier molecular flexibility index (Phi) is 4.80. The number of nitrogens with zero attached hydrogens (tertiary/aromatic N) is 5. The standard InChI is InChI=1S/C13H11F3N6O3S/c14-13(15,16)9-5-8(22(24)25)3-4-10(9)17-11(23)6-26-12-18-19-20-21(12)7-1-2-7/h3-5,7H,1-2,6H2,(H,17,23). The van der Waals surface area contributed by atoms with Gasteiger partial charge in [-0.2, -0.15) is 13.2 Å². The van der Waals surface area contributed by atoms with Gasteiger partial charge < -0.3 is 5.32 Å². The van der Waals surface area contributed by atoms with E-state index in [-0.39, 0.29) is 11.8 Å². The van der Waals surface area contributed by atoms with E-state index in [1.165, 1.54) is 0 Å². The molecular weight excluding hydrogens is 377 g/mol. The fourth-order valence-corrected chi connectivity index (χ4v) is 2.88. The molecule has 1 N–H and O–H groups in total. The van der Waals surface area contributed by atoms with Gasteiger partial charge in [-0.25, -0.2) is 4.68 Å². The van der Waals surface area contributed by atoms with E-state index in [1.54, 1.807) is 4.68 Å². The Labute approximate surface area is 148 Å². The number of nitro benzene ring substituents is 1. The van der Waals surface area contributed by atoms with E-state index in [2.05, 4.69) is 20.8 Å². The molecule has 1 saturated carbocycles. The molecule has 0 saturated heterocycles. The van der Waals surface area contributed by atoms with Crippen LogP contribution in [0.3, 0.4) is 0 Å². The van der Waals surface area contributed by atoms with Crippen LogP contribution in [0.15, 0.2) is 23.4 Å². The minimum Gasteiger partial charge on any atom is -0.325 e. The zero-order chi connectivity index (χ0) is 18.9. The molecule has 1 aliphatic rings. The van der Waals surface area contributed by atoms with Crippen LogP contribution < -0.4 is 5.32 Å². The summed E-state index contributed by atoms with van der Waals surface area (Å²) in [6.45, 7) is 0. The Balaban J connectivity index is 1.70. The van der Waals surface area contributed by atoms with Crippen LogP contribution in [0, 0.1) is 10.1 Å². The van der Waals surface area contributed by atoms with Crippen molar-refractivity contribution in [3.05, 3.63) is 33.9 Å². The van der Waals surface area contributed by atoms with Gasteiger partial charge in [0.05, 0.1) is 28.0 Å². The average molecular weight is 388 g/mol. The minimum atomic E-state index is -4.85. The lowest BCUT2D eigenvalue weighted by Crippen LogP contribution is -2.18. The Morgan fingerprint density at radius 2 is 2.15 bits per heavy atom. The van der Waals surface area contributed by atoms with Gasteiger partial charge in [-0.3, -0.25) is 14.9 Å². The fraction of sp³-hybridized carbons (Fsp3) is 0.385. The van der Waals surface area contributed by atoms with Crippen molar-refractivity contribution in [2.45, 2.75) is 30.2 Å². The van der Waals surface area contributed by atoms with Crippen LogP contribution in [-0.2, 0) is 11.0 Å². The third-order valence-electron chi connectivity index (χ3n) is 3.48. The Morgan fingerprint density at radius 1 is 1.42 bits per heavy atom. The maximum Gasteiger partial charge on any atom is 0.418 e. The third-order valence-corrected chi connectivity index (χ3v) is 4.41. The van der Waals surface area contributed by atoms with Gasteiger partial charge in [0.15, 0.2) is 0 Å². The number of alkyl halides is 3. The molecule has 1 heterocycles. The Hall–Kier alpha value is -2.70. The van der Waals surface area contributed by atoms with Gasteiger partial charge in [0, 0.05) is 12.1 Å². The van der Waals surface area contributed by atoms with E-state index in [0.29, 0.717) is 11.2 Å². The molecule has 1 aromatic heterocycles. The maximum absolute atomic E-state index is 13.1. The number of amides is 1. The molecule has 2 aromatic rings. The summed E-state index contributed by atoms with van der Waals surface area (Å²) >= 11 is 0.996. The molecule has 0 atom stereocenters. The number of hydrogen-bond acceptors (Lipinski definition) is 7. The molecule has 0 radical (unpaired) electrons. The van der Waals surface area contributed by atoms with Gasteiger partial charge in [-0.1, -0.05) is 11.8 Å². The molecule has 1 amide bonds. The number of aromatic nitrogens is 4. The second-order valence-electron chi connectivity index (χ2n) is 5.46.